The summed E-state index contributed by atoms with van der Waals surface area (Å²) in [5.41, 5.74) is 0. The zero-order chi connectivity index (χ0) is 10.3. The molecule has 0 aromatic rings. The van der Waals surface area contributed by atoms with Crippen molar-refractivity contribution in [2.24, 2.45) is 11.8 Å². The van der Waals surface area contributed by atoms with E-state index in [0.717, 1.165) is 12.8 Å². The van der Waals surface area contributed by atoms with Crippen LogP contribution in [-0.2, 0) is 0 Å². The van der Waals surface area contributed by atoms with Crippen LogP contribution in [0, 0.1) is 11.8 Å². The van der Waals surface area contributed by atoms with Crippen molar-refractivity contribution in [1.29, 1.82) is 0 Å². The van der Waals surface area contributed by atoms with Crippen LogP contribution in [0.15, 0.2) is 12.2 Å². The van der Waals surface area contributed by atoms with Crippen LogP contribution >= 0.6 is 0 Å². The maximum absolute atomic E-state index is 9.51. The minimum Gasteiger partial charge on any atom is -0.393 e. The highest BCUT2D eigenvalue weighted by Gasteiger charge is 2.16. The average Bonchev–Trinajstić information content (AvgIpc) is 2.02. The van der Waals surface area contributed by atoms with Gasteiger partial charge in [-0.25, -0.2) is 0 Å². The van der Waals surface area contributed by atoms with Crippen molar-refractivity contribution in [3.8, 4) is 0 Å². The molecule has 1 nitrogen and oxygen atoms in total. The molecule has 0 radical (unpaired) electrons. The highest BCUT2D eigenvalue weighted by atomic mass is 16.3. The van der Waals surface area contributed by atoms with Crippen molar-refractivity contribution in [1.82, 2.24) is 0 Å². The second kappa shape index (κ2) is 7.14. The summed E-state index contributed by atoms with van der Waals surface area (Å²) in [5.74, 6) is 0.972. The van der Waals surface area contributed by atoms with E-state index in [1.165, 1.54) is 6.42 Å². The number of hydrogen-bond acceptors (Lipinski definition) is 1. The molecule has 2 atom stereocenters. The van der Waals surface area contributed by atoms with Crippen LogP contribution in [0.1, 0.15) is 47.0 Å². The van der Waals surface area contributed by atoms with E-state index in [-0.39, 0.29) is 6.10 Å². The van der Waals surface area contributed by atoms with Gasteiger partial charge in [0.1, 0.15) is 0 Å². The predicted octanol–water partition coefficient (Wildman–Crippen LogP) is 3.39. The van der Waals surface area contributed by atoms with Gasteiger partial charge in [0.2, 0.25) is 0 Å². The van der Waals surface area contributed by atoms with Crippen LogP contribution < -0.4 is 0 Å². The number of rotatable bonds is 6. The molecule has 0 aliphatic carbocycles. The maximum Gasteiger partial charge on any atom is 0.0545 e. The largest absolute Gasteiger partial charge is 0.393 e. The summed E-state index contributed by atoms with van der Waals surface area (Å²) in [4.78, 5) is 0. The molecule has 0 bridgehead atoms. The minimum atomic E-state index is -0.189. The van der Waals surface area contributed by atoms with Gasteiger partial charge >= 0.3 is 0 Å². The van der Waals surface area contributed by atoms with Gasteiger partial charge in [-0.05, 0) is 31.6 Å². The van der Waals surface area contributed by atoms with E-state index in [4.69, 9.17) is 0 Å². The quantitative estimate of drug-likeness (QED) is 0.627. The van der Waals surface area contributed by atoms with Crippen LogP contribution in [-0.4, -0.2) is 11.2 Å². The van der Waals surface area contributed by atoms with Gasteiger partial charge in [0.15, 0.2) is 0 Å². The van der Waals surface area contributed by atoms with E-state index in [0.29, 0.717) is 11.8 Å². The van der Waals surface area contributed by atoms with Crippen LogP contribution in [0.3, 0.4) is 0 Å². The molecule has 0 spiro atoms. The molecule has 0 aliphatic rings. The van der Waals surface area contributed by atoms with Gasteiger partial charge in [0, 0.05) is 0 Å². The first-order valence-electron chi connectivity index (χ1n) is 5.42. The Morgan fingerprint density at radius 2 is 1.77 bits per heavy atom. The third-order valence-corrected chi connectivity index (χ3v) is 2.51. The number of aliphatic hydroxyl groups is 1. The minimum absolute atomic E-state index is 0.189. The van der Waals surface area contributed by atoms with Crippen LogP contribution in [0.5, 0.6) is 0 Å². The molecule has 1 heteroatoms. The first-order valence-corrected chi connectivity index (χ1v) is 5.42. The molecule has 0 saturated carbocycles. The van der Waals surface area contributed by atoms with E-state index >= 15 is 0 Å². The normalized spacial score (nSPS) is 16.8. The lowest BCUT2D eigenvalue weighted by Crippen LogP contribution is -2.21. The lowest BCUT2D eigenvalue weighted by molar-refractivity contribution is 0.0993. The average molecular weight is 184 g/mol. The van der Waals surface area contributed by atoms with Crippen molar-refractivity contribution in [2.45, 2.75) is 53.1 Å². The lowest BCUT2D eigenvalue weighted by atomic mass is 9.88. The maximum atomic E-state index is 9.51. The van der Waals surface area contributed by atoms with Crippen LogP contribution in [0.2, 0.25) is 0 Å². The van der Waals surface area contributed by atoms with Gasteiger partial charge in [-0.15, -0.1) is 0 Å². The first kappa shape index (κ1) is 12.7. The smallest absolute Gasteiger partial charge is 0.0545 e. The van der Waals surface area contributed by atoms with Gasteiger partial charge in [0.05, 0.1) is 6.10 Å². The molecule has 0 heterocycles. The molecule has 0 rings (SSSR count). The fourth-order valence-electron chi connectivity index (χ4n) is 1.56. The van der Waals surface area contributed by atoms with Gasteiger partial charge in [0.25, 0.3) is 0 Å². The molecule has 0 fully saturated rings. The molecular formula is C12H24O. The van der Waals surface area contributed by atoms with Crippen LogP contribution in [0.4, 0.5) is 0 Å². The summed E-state index contributed by atoms with van der Waals surface area (Å²) in [7, 11) is 0. The SMILES string of the molecule is CCC/C=C/CC(C(C)C)C(C)O. The highest BCUT2D eigenvalue weighted by molar-refractivity contribution is 4.86. The topological polar surface area (TPSA) is 20.2 Å². The lowest BCUT2D eigenvalue weighted by Gasteiger charge is -2.22. The molecule has 1 N–H and O–H groups in total. The monoisotopic (exact) mass is 184 g/mol. The van der Waals surface area contributed by atoms with Crippen molar-refractivity contribution in [2.75, 3.05) is 0 Å². The number of aliphatic hydroxyl groups excluding tert-OH is 1. The Hall–Kier alpha value is -0.300. The summed E-state index contributed by atoms with van der Waals surface area (Å²) < 4.78 is 0. The fourth-order valence-corrected chi connectivity index (χ4v) is 1.56. The summed E-state index contributed by atoms with van der Waals surface area (Å²) in [6.45, 7) is 8.41. The fraction of sp³-hybridized carbons (Fsp3) is 0.833. The Kier molecular flexibility index (Phi) is 6.97. The number of unbranched alkanes of at least 4 members (excludes halogenated alkanes) is 1. The highest BCUT2D eigenvalue weighted by Crippen LogP contribution is 2.19. The third kappa shape index (κ3) is 5.87. The van der Waals surface area contributed by atoms with E-state index in [1.54, 1.807) is 0 Å². The Bertz CT molecular complexity index is 128. The standard InChI is InChI=1S/C12H24O/c1-5-6-7-8-9-12(10(2)3)11(4)13/h7-8,10-13H,5-6,9H2,1-4H3/b8-7+. The summed E-state index contributed by atoms with van der Waals surface area (Å²) in [6, 6.07) is 0. The molecule has 13 heavy (non-hydrogen) atoms. The first-order chi connectivity index (χ1) is 6.09. The molecule has 2 unspecified atom stereocenters. The molecule has 0 saturated heterocycles. The third-order valence-electron chi connectivity index (χ3n) is 2.51. The summed E-state index contributed by atoms with van der Waals surface area (Å²) in [5, 5.41) is 9.51. The second-order valence-electron chi connectivity index (χ2n) is 4.14. The number of hydrogen-bond donors (Lipinski definition) is 1. The Labute approximate surface area is 82.9 Å². The van der Waals surface area contributed by atoms with Crippen molar-refractivity contribution in [3.05, 3.63) is 12.2 Å². The van der Waals surface area contributed by atoms with Gasteiger partial charge in [-0.3, -0.25) is 0 Å². The second-order valence-corrected chi connectivity index (χ2v) is 4.14. The van der Waals surface area contributed by atoms with Crippen molar-refractivity contribution >= 4 is 0 Å². The van der Waals surface area contributed by atoms with Crippen LogP contribution in [0.25, 0.3) is 0 Å². The van der Waals surface area contributed by atoms with E-state index in [2.05, 4.69) is 32.9 Å². The van der Waals surface area contributed by atoms with Crippen molar-refractivity contribution < 1.29 is 5.11 Å². The molecule has 0 aromatic heterocycles. The predicted molar refractivity (Wildman–Crippen MR) is 58.7 cm³/mol. The Balaban J connectivity index is 3.83. The molecular weight excluding hydrogens is 160 g/mol. The van der Waals surface area contributed by atoms with Gasteiger partial charge in [-0.1, -0.05) is 39.3 Å². The van der Waals surface area contributed by atoms with Gasteiger partial charge in [-0.2, -0.15) is 0 Å². The number of allylic oxidation sites excluding steroid dienone is 2. The van der Waals surface area contributed by atoms with E-state index in [9.17, 15) is 5.11 Å². The Morgan fingerprint density at radius 3 is 2.15 bits per heavy atom. The summed E-state index contributed by atoms with van der Waals surface area (Å²) >= 11 is 0. The zero-order valence-electron chi connectivity index (χ0n) is 9.46. The summed E-state index contributed by atoms with van der Waals surface area (Å²) in [6.07, 6.45) is 7.61. The van der Waals surface area contributed by atoms with Gasteiger partial charge < -0.3 is 5.11 Å². The van der Waals surface area contributed by atoms with Crippen molar-refractivity contribution in [3.63, 3.8) is 0 Å². The zero-order valence-corrected chi connectivity index (χ0v) is 9.46. The Morgan fingerprint density at radius 1 is 1.15 bits per heavy atom. The molecule has 0 aliphatic heterocycles. The van der Waals surface area contributed by atoms with E-state index < -0.39 is 0 Å². The molecule has 78 valence electrons. The molecule has 0 aromatic carbocycles. The van der Waals surface area contributed by atoms with E-state index in [1.807, 2.05) is 6.92 Å². The molecule has 0 amide bonds.